The highest BCUT2D eigenvalue weighted by atomic mass is 16.7. The van der Waals surface area contributed by atoms with Crippen LogP contribution < -0.4 is 19.9 Å². The molecule has 10 nitrogen and oxygen atoms in total. The number of nitrogens with one attached hydrogen (secondary N) is 1. The van der Waals surface area contributed by atoms with Gasteiger partial charge in [-0.05, 0) is 57.5 Å². The minimum Gasteiger partial charge on any atom is -0.475 e. The zero-order chi connectivity index (χ0) is 25.6. The van der Waals surface area contributed by atoms with Gasteiger partial charge >= 0.3 is 6.03 Å². The first-order valence-electron chi connectivity index (χ1n) is 12.6. The maximum Gasteiger partial charge on any atom is 0.329 e. The Kier molecular flexibility index (Phi) is 5.92. The fraction of sp³-hybridized carbons (Fsp3) is 0.407. The molecule has 0 saturated carbocycles. The number of amides is 2. The van der Waals surface area contributed by atoms with E-state index in [1.807, 2.05) is 39.0 Å². The van der Waals surface area contributed by atoms with Crippen molar-refractivity contribution in [2.24, 2.45) is 0 Å². The van der Waals surface area contributed by atoms with E-state index in [-0.39, 0.29) is 18.2 Å². The van der Waals surface area contributed by atoms with Crippen molar-refractivity contribution in [3.05, 3.63) is 54.4 Å². The van der Waals surface area contributed by atoms with E-state index in [0.717, 1.165) is 42.1 Å². The molecule has 10 heteroatoms. The summed E-state index contributed by atoms with van der Waals surface area (Å²) in [5.74, 6) is 0.869. The van der Waals surface area contributed by atoms with Gasteiger partial charge in [-0.2, -0.15) is 4.98 Å². The van der Waals surface area contributed by atoms with Crippen LogP contribution in [0, 0.1) is 6.92 Å². The molecule has 3 aliphatic rings. The van der Waals surface area contributed by atoms with Gasteiger partial charge in [0.2, 0.25) is 5.88 Å². The van der Waals surface area contributed by atoms with Gasteiger partial charge in [0.25, 0.3) is 0 Å². The number of rotatable bonds is 5. The summed E-state index contributed by atoms with van der Waals surface area (Å²) in [6.45, 7) is 8.15. The monoisotopic (exact) mass is 502 g/mol. The SMILES string of the molecule is Cc1cc(-c2ccc3c(n2)N(C(=O)Nc2cccc(OC[C@@H]4COC(C)(C)O4)n2)[C@H]2CCN3C2)ccn1. The second-order valence-corrected chi connectivity index (χ2v) is 10.0. The highest BCUT2D eigenvalue weighted by molar-refractivity contribution is 6.04. The molecule has 1 N–H and O–H groups in total. The molecule has 37 heavy (non-hydrogen) atoms. The van der Waals surface area contributed by atoms with Crippen LogP contribution in [-0.4, -0.2) is 65.2 Å². The van der Waals surface area contributed by atoms with Gasteiger partial charge in [-0.3, -0.25) is 15.2 Å². The molecule has 2 atom stereocenters. The van der Waals surface area contributed by atoms with Crippen LogP contribution in [0.5, 0.6) is 5.88 Å². The van der Waals surface area contributed by atoms with Crippen molar-refractivity contribution in [3.63, 3.8) is 0 Å². The quantitative estimate of drug-likeness (QED) is 0.559. The first kappa shape index (κ1) is 23.6. The van der Waals surface area contributed by atoms with E-state index in [4.69, 9.17) is 19.2 Å². The number of pyridine rings is 3. The van der Waals surface area contributed by atoms with Crippen LogP contribution in [0.3, 0.4) is 0 Å². The van der Waals surface area contributed by atoms with Crippen molar-refractivity contribution in [1.82, 2.24) is 15.0 Å². The fourth-order valence-electron chi connectivity index (χ4n) is 5.10. The third-order valence-corrected chi connectivity index (χ3v) is 6.81. The lowest BCUT2D eigenvalue weighted by Crippen LogP contribution is -2.48. The van der Waals surface area contributed by atoms with E-state index in [1.54, 1.807) is 29.3 Å². The summed E-state index contributed by atoms with van der Waals surface area (Å²) in [5, 5.41) is 2.96. The second-order valence-electron chi connectivity index (χ2n) is 10.0. The smallest absolute Gasteiger partial charge is 0.329 e. The van der Waals surface area contributed by atoms with E-state index in [2.05, 4.69) is 26.3 Å². The summed E-state index contributed by atoms with van der Waals surface area (Å²) < 4.78 is 17.2. The summed E-state index contributed by atoms with van der Waals surface area (Å²) in [5.41, 5.74) is 3.65. The lowest BCUT2D eigenvalue weighted by molar-refractivity contribution is -0.141. The predicted octanol–water partition coefficient (Wildman–Crippen LogP) is 4.01. The Hall–Kier alpha value is -3.76. The van der Waals surface area contributed by atoms with Crippen LogP contribution in [0.2, 0.25) is 0 Å². The van der Waals surface area contributed by atoms with E-state index >= 15 is 0 Å². The Labute approximate surface area is 215 Å². The normalized spacial score (nSPS) is 21.6. The number of hydrogen-bond acceptors (Lipinski definition) is 8. The molecular weight excluding hydrogens is 472 g/mol. The topological polar surface area (TPSA) is 102 Å². The van der Waals surface area contributed by atoms with Crippen molar-refractivity contribution in [2.75, 3.05) is 41.4 Å². The third kappa shape index (κ3) is 4.82. The van der Waals surface area contributed by atoms with Gasteiger partial charge < -0.3 is 19.1 Å². The molecule has 2 bridgehead atoms. The number of carbonyl (C=O) groups excluding carboxylic acids is 1. The third-order valence-electron chi connectivity index (χ3n) is 6.81. The largest absolute Gasteiger partial charge is 0.475 e. The zero-order valence-corrected chi connectivity index (χ0v) is 21.2. The Bertz CT molecular complexity index is 1330. The minimum atomic E-state index is -0.609. The van der Waals surface area contributed by atoms with E-state index < -0.39 is 5.79 Å². The van der Waals surface area contributed by atoms with Gasteiger partial charge in [0.15, 0.2) is 11.6 Å². The maximum absolute atomic E-state index is 13.6. The number of anilines is 3. The molecule has 2 fully saturated rings. The summed E-state index contributed by atoms with van der Waals surface area (Å²) in [6, 6.07) is 13.1. The lowest BCUT2D eigenvalue weighted by Gasteiger charge is -2.35. The van der Waals surface area contributed by atoms with Gasteiger partial charge in [0.05, 0.1) is 24.0 Å². The highest BCUT2D eigenvalue weighted by Crippen LogP contribution is 2.40. The van der Waals surface area contributed by atoms with Crippen LogP contribution in [0.4, 0.5) is 22.1 Å². The Morgan fingerprint density at radius 1 is 1.22 bits per heavy atom. The zero-order valence-electron chi connectivity index (χ0n) is 21.2. The highest BCUT2D eigenvalue weighted by Gasteiger charge is 2.40. The summed E-state index contributed by atoms with van der Waals surface area (Å²) in [7, 11) is 0. The van der Waals surface area contributed by atoms with Crippen molar-refractivity contribution in [1.29, 1.82) is 0 Å². The number of ether oxygens (including phenoxy) is 3. The average Bonchev–Trinajstić information content (AvgIpc) is 3.46. The van der Waals surface area contributed by atoms with Crippen LogP contribution >= 0.6 is 0 Å². The lowest BCUT2D eigenvalue weighted by atomic mass is 10.1. The molecule has 0 unspecified atom stereocenters. The van der Waals surface area contributed by atoms with Crippen LogP contribution in [0.25, 0.3) is 11.3 Å². The standard InChI is InChI=1S/C27H30N6O4/c1-17-13-18(9-11-28-17)21-7-8-22-25(29-21)33(19-10-12-32(22)14-19)26(34)31-23-5-4-6-24(30-23)35-15-20-16-36-27(2,3)37-20/h4-9,11,13,19-20H,10,12,14-16H2,1-3H3,(H,30,31,34)/t19-,20+/m0/s1. The molecule has 3 aromatic rings. The van der Waals surface area contributed by atoms with Gasteiger partial charge in [0, 0.05) is 36.6 Å². The summed E-state index contributed by atoms with van der Waals surface area (Å²) in [4.78, 5) is 31.4. The van der Waals surface area contributed by atoms with Crippen LogP contribution in [0.15, 0.2) is 48.7 Å². The number of hydrogen-bond donors (Lipinski definition) is 1. The molecule has 0 radical (unpaired) electrons. The van der Waals surface area contributed by atoms with Crippen LogP contribution in [0.1, 0.15) is 26.0 Å². The maximum atomic E-state index is 13.6. The number of fused-ring (bicyclic) bond motifs is 4. The van der Waals surface area contributed by atoms with Crippen molar-refractivity contribution in [3.8, 4) is 17.1 Å². The van der Waals surface area contributed by atoms with E-state index in [1.165, 1.54) is 0 Å². The first-order chi connectivity index (χ1) is 17.8. The molecule has 0 aliphatic carbocycles. The molecular formula is C27H30N6O4. The molecule has 3 aromatic heterocycles. The first-order valence-corrected chi connectivity index (χ1v) is 12.6. The van der Waals surface area contributed by atoms with E-state index in [0.29, 0.717) is 30.7 Å². The van der Waals surface area contributed by atoms with Crippen molar-refractivity contribution >= 4 is 23.4 Å². The molecule has 0 aromatic carbocycles. The van der Waals surface area contributed by atoms with Gasteiger partial charge in [-0.15, -0.1) is 0 Å². The van der Waals surface area contributed by atoms with Crippen molar-refractivity contribution in [2.45, 2.75) is 45.1 Å². The van der Waals surface area contributed by atoms with Crippen molar-refractivity contribution < 1.29 is 19.0 Å². The Balaban J connectivity index is 1.21. The number of aryl methyl sites for hydroxylation is 1. The summed E-state index contributed by atoms with van der Waals surface area (Å²) in [6.07, 6.45) is 2.48. The number of aromatic nitrogens is 3. The van der Waals surface area contributed by atoms with Gasteiger partial charge in [-0.1, -0.05) is 6.07 Å². The predicted molar refractivity (Wildman–Crippen MR) is 139 cm³/mol. The summed E-state index contributed by atoms with van der Waals surface area (Å²) >= 11 is 0. The Morgan fingerprint density at radius 2 is 2.11 bits per heavy atom. The molecule has 192 valence electrons. The molecule has 6 rings (SSSR count). The van der Waals surface area contributed by atoms with Gasteiger partial charge in [-0.25, -0.2) is 9.78 Å². The minimum absolute atomic E-state index is 0.0386. The van der Waals surface area contributed by atoms with Crippen LogP contribution in [-0.2, 0) is 9.47 Å². The number of carbonyl (C=O) groups is 1. The average molecular weight is 503 g/mol. The second kappa shape index (κ2) is 9.28. The molecule has 2 amide bonds. The molecule has 2 saturated heterocycles. The number of nitrogens with zero attached hydrogens (tertiary/aromatic N) is 5. The Morgan fingerprint density at radius 3 is 2.92 bits per heavy atom. The van der Waals surface area contributed by atoms with E-state index in [9.17, 15) is 4.79 Å². The van der Waals surface area contributed by atoms with Gasteiger partial charge in [0.1, 0.15) is 18.5 Å². The fourth-order valence-corrected chi connectivity index (χ4v) is 5.10. The molecule has 6 heterocycles. The molecule has 3 aliphatic heterocycles. The number of urea groups is 1. The molecule has 0 spiro atoms.